The van der Waals surface area contributed by atoms with Crippen LogP contribution in [-0.2, 0) is 28.6 Å². The number of rotatable bonds is 48. The highest BCUT2D eigenvalue weighted by atomic mass is 16.6. The normalized spacial score (nSPS) is 12.1. The van der Waals surface area contributed by atoms with Crippen molar-refractivity contribution in [3.63, 3.8) is 0 Å². The monoisotopic (exact) mass is 845 g/mol. The zero-order valence-corrected chi connectivity index (χ0v) is 40.2. The van der Waals surface area contributed by atoms with Gasteiger partial charge >= 0.3 is 17.9 Å². The topological polar surface area (TPSA) is 78.9 Å². The fourth-order valence-electron chi connectivity index (χ4n) is 7.65. The Labute approximate surface area is 373 Å². The van der Waals surface area contributed by atoms with Gasteiger partial charge in [0.05, 0.1) is 0 Å². The summed E-state index contributed by atoms with van der Waals surface area (Å²) >= 11 is 0. The Kier molecular flexibility index (Phi) is 47.8. The predicted octanol–water partition coefficient (Wildman–Crippen LogP) is 17.2. The molecule has 0 heterocycles. The Morgan fingerprint density at radius 3 is 0.900 bits per heavy atom. The summed E-state index contributed by atoms with van der Waals surface area (Å²) in [6.07, 6.45) is 55.9. The van der Waals surface area contributed by atoms with E-state index in [2.05, 4.69) is 45.1 Å². The molecule has 6 nitrogen and oxygen atoms in total. The molecule has 0 bridgehead atoms. The highest BCUT2D eigenvalue weighted by Gasteiger charge is 2.19. The first-order valence-electron chi connectivity index (χ1n) is 26.3. The minimum atomic E-state index is -0.777. The van der Waals surface area contributed by atoms with Gasteiger partial charge in [-0.2, -0.15) is 0 Å². The van der Waals surface area contributed by atoms with E-state index >= 15 is 0 Å². The van der Waals surface area contributed by atoms with Crippen LogP contribution in [0.15, 0.2) is 24.3 Å². The van der Waals surface area contributed by atoms with E-state index in [1.54, 1.807) is 0 Å². The second-order valence-corrected chi connectivity index (χ2v) is 17.8. The third kappa shape index (κ3) is 46.9. The molecule has 6 heteroatoms. The van der Waals surface area contributed by atoms with E-state index in [1.165, 1.54) is 167 Å². The molecule has 0 aromatic heterocycles. The molecule has 0 aliphatic carbocycles. The van der Waals surface area contributed by atoms with E-state index in [0.717, 1.165) is 77.0 Å². The molecular formula is C54H100O6. The van der Waals surface area contributed by atoms with E-state index in [0.29, 0.717) is 19.3 Å². The third-order valence-corrected chi connectivity index (χ3v) is 11.7. The highest BCUT2D eigenvalue weighted by Crippen LogP contribution is 2.16. The van der Waals surface area contributed by atoms with Gasteiger partial charge in [-0.3, -0.25) is 14.4 Å². The summed E-state index contributed by atoms with van der Waals surface area (Å²) in [6.45, 7) is 6.60. The van der Waals surface area contributed by atoms with Crippen molar-refractivity contribution in [2.45, 2.75) is 290 Å². The van der Waals surface area contributed by atoms with Gasteiger partial charge in [0.1, 0.15) is 13.2 Å². The molecule has 0 aliphatic heterocycles. The Hall–Kier alpha value is -2.11. The fourth-order valence-corrected chi connectivity index (χ4v) is 7.65. The summed E-state index contributed by atoms with van der Waals surface area (Å²) in [4.78, 5) is 37.9. The zero-order valence-electron chi connectivity index (χ0n) is 40.2. The van der Waals surface area contributed by atoms with Crippen LogP contribution in [0.4, 0.5) is 0 Å². The van der Waals surface area contributed by atoms with E-state index in [1.807, 2.05) is 0 Å². The SMILES string of the molecule is CCCC/C=C\CCCCCCCC(=O)OCC(COC(=O)CCCCCCCCCCCCCCCCCCCC)OC(=O)CCCCC/C=C\CCCCCCCC. The maximum atomic E-state index is 12.8. The Morgan fingerprint density at radius 2 is 0.567 bits per heavy atom. The van der Waals surface area contributed by atoms with Crippen molar-refractivity contribution in [1.82, 2.24) is 0 Å². The summed E-state index contributed by atoms with van der Waals surface area (Å²) in [5.74, 6) is -0.890. The van der Waals surface area contributed by atoms with Crippen LogP contribution in [0, 0.1) is 0 Å². The van der Waals surface area contributed by atoms with Crippen LogP contribution in [0.5, 0.6) is 0 Å². The molecule has 0 radical (unpaired) electrons. The van der Waals surface area contributed by atoms with Gasteiger partial charge in [-0.1, -0.05) is 225 Å². The van der Waals surface area contributed by atoms with Crippen molar-refractivity contribution in [2.24, 2.45) is 0 Å². The molecule has 0 spiro atoms. The molecule has 0 fully saturated rings. The minimum absolute atomic E-state index is 0.0762. The van der Waals surface area contributed by atoms with Crippen LogP contribution in [-0.4, -0.2) is 37.2 Å². The van der Waals surface area contributed by atoms with Crippen LogP contribution < -0.4 is 0 Å². The molecule has 0 aromatic carbocycles. The van der Waals surface area contributed by atoms with Crippen LogP contribution in [0.1, 0.15) is 284 Å². The van der Waals surface area contributed by atoms with Crippen LogP contribution >= 0.6 is 0 Å². The average Bonchev–Trinajstić information content (AvgIpc) is 3.24. The van der Waals surface area contributed by atoms with Crippen molar-refractivity contribution >= 4 is 17.9 Å². The molecule has 0 saturated carbocycles. The summed E-state index contributed by atoms with van der Waals surface area (Å²) in [5.41, 5.74) is 0. The quantitative estimate of drug-likeness (QED) is 0.0263. The summed E-state index contributed by atoms with van der Waals surface area (Å²) in [6, 6.07) is 0. The lowest BCUT2D eigenvalue weighted by Gasteiger charge is -2.18. The number of esters is 3. The first-order valence-corrected chi connectivity index (χ1v) is 26.3. The smallest absolute Gasteiger partial charge is 0.306 e. The Bertz CT molecular complexity index is 973. The molecule has 1 unspecified atom stereocenters. The number of allylic oxidation sites excluding steroid dienone is 4. The van der Waals surface area contributed by atoms with Crippen molar-refractivity contribution in [3.8, 4) is 0 Å². The summed E-state index contributed by atoms with van der Waals surface area (Å²) < 4.78 is 16.8. The first-order chi connectivity index (χ1) is 29.5. The number of ether oxygens (including phenoxy) is 3. The van der Waals surface area contributed by atoms with Crippen molar-refractivity contribution in [1.29, 1.82) is 0 Å². The molecule has 1 atom stereocenters. The van der Waals surface area contributed by atoms with Gasteiger partial charge in [0.2, 0.25) is 0 Å². The molecule has 0 aliphatic rings. The van der Waals surface area contributed by atoms with E-state index in [4.69, 9.17) is 14.2 Å². The Morgan fingerprint density at radius 1 is 0.317 bits per heavy atom. The summed E-state index contributed by atoms with van der Waals surface area (Å²) in [7, 11) is 0. The molecular weight excluding hydrogens is 745 g/mol. The molecule has 0 rings (SSSR count). The lowest BCUT2D eigenvalue weighted by Crippen LogP contribution is -2.30. The number of hydrogen-bond donors (Lipinski definition) is 0. The standard InChI is InChI=1S/C54H100O6/c1-4-7-10-13-16-19-22-24-25-26-27-28-30-32-35-38-41-44-47-53(56)59-50-51(49-58-52(55)46-43-40-37-34-31-21-18-15-12-9-6-3)60-54(57)48-45-42-39-36-33-29-23-20-17-14-11-8-5-2/h15,18,29,33,51H,4-14,16-17,19-28,30-32,34-50H2,1-3H3/b18-15-,33-29-. The van der Waals surface area contributed by atoms with Gasteiger partial charge < -0.3 is 14.2 Å². The molecule has 0 N–H and O–H groups in total. The largest absolute Gasteiger partial charge is 0.462 e. The van der Waals surface area contributed by atoms with Crippen molar-refractivity contribution in [3.05, 3.63) is 24.3 Å². The van der Waals surface area contributed by atoms with Gasteiger partial charge in [-0.05, 0) is 64.2 Å². The lowest BCUT2D eigenvalue weighted by molar-refractivity contribution is -0.167. The predicted molar refractivity (Wildman–Crippen MR) is 256 cm³/mol. The average molecular weight is 845 g/mol. The third-order valence-electron chi connectivity index (χ3n) is 11.7. The van der Waals surface area contributed by atoms with Gasteiger partial charge in [-0.25, -0.2) is 0 Å². The van der Waals surface area contributed by atoms with E-state index in [9.17, 15) is 14.4 Å². The highest BCUT2D eigenvalue weighted by molar-refractivity contribution is 5.71. The van der Waals surface area contributed by atoms with E-state index in [-0.39, 0.29) is 31.1 Å². The molecule has 0 aromatic rings. The Balaban J connectivity index is 4.30. The molecule has 60 heavy (non-hydrogen) atoms. The number of hydrogen-bond acceptors (Lipinski definition) is 6. The van der Waals surface area contributed by atoms with Gasteiger partial charge in [0, 0.05) is 19.3 Å². The lowest BCUT2D eigenvalue weighted by atomic mass is 10.0. The van der Waals surface area contributed by atoms with Gasteiger partial charge in [0.15, 0.2) is 6.10 Å². The maximum Gasteiger partial charge on any atom is 0.306 e. The second kappa shape index (κ2) is 49.5. The fraction of sp³-hybridized carbons (Fsp3) is 0.870. The van der Waals surface area contributed by atoms with Gasteiger partial charge in [-0.15, -0.1) is 0 Å². The zero-order chi connectivity index (χ0) is 43.7. The van der Waals surface area contributed by atoms with E-state index < -0.39 is 6.10 Å². The number of carbonyl (C=O) groups is 3. The van der Waals surface area contributed by atoms with Gasteiger partial charge in [0.25, 0.3) is 0 Å². The number of unbranched alkanes of at least 4 members (excludes halogenated alkanes) is 33. The second-order valence-electron chi connectivity index (χ2n) is 17.8. The van der Waals surface area contributed by atoms with Crippen molar-refractivity contribution in [2.75, 3.05) is 13.2 Å². The summed E-state index contributed by atoms with van der Waals surface area (Å²) in [5, 5.41) is 0. The molecule has 352 valence electrons. The number of carbonyl (C=O) groups excluding carboxylic acids is 3. The van der Waals surface area contributed by atoms with Crippen LogP contribution in [0.2, 0.25) is 0 Å². The molecule has 0 saturated heterocycles. The maximum absolute atomic E-state index is 12.8. The van der Waals surface area contributed by atoms with Crippen molar-refractivity contribution < 1.29 is 28.6 Å². The van der Waals surface area contributed by atoms with Crippen LogP contribution in [0.25, 0.3) is 0 Å². The first kappa shape index (κ1) is 57.9. The molecule has 0 amide bonds. The minimum Gasteiger partial charge on any atom is -0.462 e. The van der Waals surface area contributed by atoms with Crippen LogP contribution in [0.3, 0.4) is 0 Å².